The normalized spacial score (nSPS) is 12.3. The molecule has 2 aromatic heterocycles. The summed E-state index contributed by atoms with van der Waals surface area (Å²) in [5.41, 5.74) is 2.10. The van der Waals surface area contributed by atoms with Gasteiger partial charge in [0.1, 0.15) is 0 Å². The second-order valence-corrected chi connectivity index (χ2v) is 5.06. The molecule has 108 valence electrons. The Kier molecular flexibility index (Phi) is 3.68. The van der Waals surface area contributed by atoms with Gasteiger partial charge in [-0.25, -0.2) is 0 Å². The van der Waals surface area contributed by atoms with Gasteiger partial charge >= 0.3 is 0 Å². The second kappa shape index (κ2) is 5.78. The van der Waals surface area contributed by atoms with Crippen molar-refractivity contribution in [3.63, 3.8) is 0 Å². The fourth-order valence-corrected chi connectivity index (χ4v) is 2.11. The third kappa shape index (κ3) is 3.28. The molecule has 3 rings (SSSR count). The van der Waals surface area contributed by atoms with E-state index < -0.39 is 0 Å². The van der Waals surface area contributed by atoms with Gasteiger partial charge in [-0.05, 0) is 28.8 Å². The molecule has 0 aliphatic carbocycles. The van der Waals surface area contributed by atoms with Gasteiger partial charge in [-0.2, -0.15) is 10.1 Å². The smallest absolute Gasteiger partial charge is 0.267 e. The lowest BCUT2D eigenvalue weighted by atomic mass is 10.0. The van der Waals surface area contributed by atoms with Crippen LogP contribution in [0.5, 0.6) is 0 Å². The Morgan fingerprint density at radius 1 is 1.29 bits per heavy atom. The molecule has 0 bridgehead atoms. The van der Waals surface area contributed by atoms with Crippen LogP contribution in [0.4, 0.5) is 11.6 Å². The summed E-state index contributed by atoms with van der Waals surface area (Å²) in [6, 6.07) is 9.77. The Morgan fingerprint density at radius 2 is 2.10 bits per heavy atom. The summed E-state index contributed by atoms with van der Waals surface area (Å²) in [7, 11) is 1.91. The molecule has 1 aromatic carbocycles. The molecule has 6 nitrogen and oxygen atoms in total. The van der Waals surface area contributed by atoms with E-state index in [0.717, 1.165) is 11.3 Å². The first kappa shape index (κ1) is 13.4. The summed E-state index contributed by atoms with van der Waals surface area (Å²) in [5.74, 6) is 1.38. The SMILES string of the molecule is CC(Cc1nc(Nc2ccccc2)no1)c1cnn(C)c1. The second-order valence-electron chi connectivity index (χ2n) is 5.06. The van der Waals surface area contributed by atoms with E-state index in [0.29, 0.717) is 18.3 Å². The zero-order chi connectivity index (χ0) is 14.7. The fourth-order valence-electron chi connectivity index (χ4n) is 2.11. The molecule has 0 saturated heterocycles. The van der Waals surface area contributed by atoms with E-state index in [2.05, 4.69) is 27.5 Å². The number of benzene rings is 1. The van der Waals surface area contributed by atoms with Crippen LogP contribution in [-0.2, 0) is 13.5 Å². The lowest BCUT2D eigenvalue weighted by Crippen LogP contribution is -1.98. The number of aryl methyl sites for hydroxylation is 1. The van der Waals surface area contributed by atoms with Crippen molar-refractivity contribution >= 4 is 11.6 Å². The van der Waals surface area contributed by atoms with E-state index in [9.17, 15) is 0 Å². The molecule has 0 amide bonds. The van der Waals surface area contributed by atoms with E-state index in [-0.39, 0.29) is 5.92 Å². The molecule has 0 radical (unpaired) electrons. The highest BCUT2D eigenvalue weighted by molar-refractivity contribution is 5.51. The van der Waals surface area contributed by atoms with Crippen LogP contribution in [0.25, 0.3) is 0 Å². The van der Waals surface area contributed by atoms with Crippen LogP contribution in [-0.4, -0.2) is 19.9 Å². The van der Waals surface area contributed by atoms with Crippen molar-refractivity contribution in [3.8, 4) is 0 Å². The first-order valence-corrected chi connectivity index (χ1v) is 6.84. The maximum Gasteiger partial charge on any atom is 0.267 e. The molecule has 0 spiro atoms. The predicted molar refractivity (Wildman–Crippen MR) is 79.3 cm³/mol. The van der Waals surface area contributed by atoms with Gasteiger partial charge in [0.25, 0.3) is 5.95 Å². The summed E-state index contributed by atoms with van der Waals surface area (Å²) in [6.45, 7) is 2.12. The zero-order valence-corrected chi connectivity index (χ0v) is 12.0. The molecule has 0 fully saturated rings. The molecule has 1 unspecified atom stereocenters. The molecule has 3 aromatic rings. The highest BCUT2D eigenvalue weighted by Gasteiger charge is 2.14. The van der Waals surface area contributed by atoms with E-state index in [1.54, 1.807) is 4.68 Å². The minimum atomic E-state index is 0.281. The number of hydrogen-bond donors (Lipinski definition) is 1. The zero-order valence-electron chi connectivity index (χ0n) is 12.0. The van der Waals surface area contributed by atoms with Crippen LogP contribution in [0.15, 0.2) is 47.2 Å². The quantitative estimate of drug-likeness (QED) is 0.779. The molecule has 0 aliphatic rings. The summed E-state index contributed by atoms with van der Waals surface area (Å²) in [6.07, 6.45) is 4.56. The van der Waals surface area contributed by atoms with E-state index in [1.807, 2.05) is 49.8 Å². The van der Waals surface area contributed by atoms with Crippen LogP contribution in [0.3, 0.4) is 0 Å². The van der Waals surface area contributed by atoms with Crippen molar-refractivity contribution < 1.29 is 4.52 Å². The summed E-state index contributed by atoms with van der Waals surface area (Å²) < 4.78 is 7.08. The van der Waals surface area contributed by atoms with E-state index in [1.165, 1.54) is 0 Å². The Morgan fingerprint density at radius 3 is 2.81 bits per heavy atom. The minimum Gasteiger partial charge on any atom is -0.337 e. The standard InChI is InChI=1S/C15H17N5O/c1-11(12-9-16-20(2)10-12)8-14-18-15(19-21-14)17-13-6-4-3-5-7-13/h3-7,9-11H,8H2,1-2H3,(H,17,19). The first-order valence-electron chi connectivity index (χ1n) is 6.84. The van der Waals surface area contributed by atoms with Crippen molar-refractivity contribution in [3.05, 3.63) is 54.2 Å². The number of rotatable bonds is 5. The van der Waals surface area contributed by atoms with Gasteiger partial charge in [0.05, 0.1) is 6.20 Å². The van der Waals surface area contributed by atoms with Gasteiger partial charge in [-0.1, -0.05) is 25.1 Å². The largest absolute Gasteiger partial charge is 0.337 e. The molecule has 2 heterocycles. The fraction of sp³-hybridized carbons (Fsp3) is 0.267. The molecular formula is C15H17N5O. The molecule has 1 atom stereocenters. The molecule has 6 heteroatoms. The highest BCUT2D eigenvalue weighted by atomic mass is 16.5. The summed E-state index contributed by atoms with van der Waals surface area (Å²) in [5, 5.41) is 11.2. The van der Waals surface area contributed by atoms with Gasteiger partial charge < -0.3 is 9.84 Å². The Bertz CT molecular complexity index is 704. The Balaban J connectivity index is 1.65. The van der Waals surface area contributed by atoms with E-state index in [4.69, 9.17) is 4.52 Å². The van der Waals surface area contributed by atoms with Gasteiger partial charge in [0.15, 0.2) is 0 Å². The van der Waals surface area contributed by atoms with Crippen molar-refractivity contribution in [1.29, 1.82) is 0 Å². The Hall–Kier alpha value is -2.63. The van der Waals surface area contributed by atoms with E-state index >= 15 is 0 Å². The Labute approximate surface area is 122 Å². The van der Waals surface area contributed by atoms with Crippen LogP contribution in [0, 0.1) is 0 Å². The minimum absolute atomic E-state index is 0.281. The monoisotopic (exact) mass is 283 g/mol. The lowest BCUT2D eigenvalue weighted by Gasteiger charge is -2.04. The number of aromatic nitrogens is 4. The topological polar surface area (TPSA) is 68.8 Å². The summed E-state index contributed by atoms with van der Waals surface area (Å²) in [4.78, 5) is 4.36. The van der Waals surface area contributed by atoms with Crippen molar-refractivity contribution in [2.24, 2.45) is 7.05 Å². The molecule has 1 N–H and O–H groups in total. The maximum atomic E-state index is 5.28. The number of nitrogens with one attached hydrogen (secondary N) is 1. The number of anilines is 2. The predicted octanol–water partition coefficient (Wildman–Crippen LogP) is 2.89. The first-order chi connectivity index (χ1) is 10.2. The molecule has 0 aliphatic heterocycles. The maximum absolute atomic E-state index is 5.28. The summed E-state index contributed by atoms with van der Waals surface area (Å²) >= 11 is 0. The molecular weight excluding hydrogens is 266 g/mol. The van der Waals surface area contributed by atoms with Gasteiger partial charge in [-0.15, -0.1) is 0 Å². The number of nitrogens with zero attached hydrogens (tertiary/aromatic N) is 4. The van der Waals surface area contributed by atoms with Crippen LogP contribution in [0.2, 0.25) is 0 Å². The molecule has 21 heavy (non-hydrogen) atoms. The lowest BCUT2D eigenvalue weighted by molar-refractivity contribution is 0.372. The van der Waals surface area contributed by atoms with Crippen LogP contribution in [0.1, 0.15) is 24.3 Å². The third-order valence-corrected chi connectivity index (χ3v) is 3.27. The average molecular weight is 283 g/mol. The average Bonchev–Trinajstić information content (AvgIpc) is 3.09. The van der Waals surface area contributed by atoms with Gasteiger partial charge in [0.2, 0.25) is 5.89 Å². The third-order valence-electron chi connectivity index (χ3n) is 3.27. The molecule has 0 saturated carbocycles. The highest BCUT2D eigenvalue weighted by Crippen LogP contribution is 2.20. The number of para-hydroxylation sites is 1. The van der Waals surface area contributed by atoms with Crippen LogP contribution >= 0.6 is 0 Å². The van der Waals surface area contributed by atoms with Gasteiger partial charge in [0, 0.05) is 25.4 Å². The number of hydrogen-bond acceptors (Lipinski definition) is 5. The van der Waals surface area contributed by atoms with Crippen LogP contribution < -0.4 is 5.32 Å². The van der Waals surface area contributed by atoms with Gasteiger partial charge in [-0.3, -0.25) is 4.68 Å². The van der Waals surface area contributed by atoms with Crippen molar-refractivity contribution in [2.75, 3.05) is 5.32 Å². The van der Waals surface area contributed by atoms with Crippen molar-refractivity contribution in [1.82, 2.24) is 19.9 Å². The van der Waals surface area contributed by atoms with Crippen molar-refractivity contribution in [2.45, 2.75) is 19.3 Å².